The molecule has 0 aliphatic carbocycles. The van der Waals surface area contributed by atoms with Crippen LogP contribution in [0.3, 0.4) is 0 Å². The number of benzene rings is 1. The van der Waals surface area contributed by atoms with E-state index in [1.54, 1.807) is 14.0 Å². The lowest BCUT2D eigenvalue weighted by atomic mass is 10.3. The van der Waals surface area contributed by atoms with Crippen molar-refractivity contribution in [3.05, 3.63) is 45.9 Å². The smallest absolute Gasteiger partial charge is 0.350 e. The molecule has 0 spiro atoms. The van der Waals surface area contributed by atoms with Crippen LogP contribution in [0.15, 0.2) is 40.2 Å². The molecular weight excluding hydrogens is 519 g/mol. The molecule has 1 heterocycles. The Kier molecular flexibility index (Phi) is 12.2. The lowest BCUT2D eigenvalue weighted by molar-refractivity contribution is 0.0531. The predicted octanol–water partition coefficient (Wildman–Crippen LogP) is 4.65. The molecule has 1 atom stereocenters. The summed E-state index contributed by atoms with van der Waals surface area (Å²) >= 11 is 3.21. The monoisotopic (exact) mass is 548 g/mol. The molecule has 0 saturated heterocycles. The zero-order valence-electron chi connectivity index (χ0n) is 17.2. The van der Waals surface area contributed by atoms with Crippen LogP contribution in [0.5, 0.6) is 0 Å². The van der Waals surface area contributed by atoms with Gasteiger partial charge >= 0.3 is 5.97 Å². The molecule has 1 unspecified atom stereocenters. The first-order valence-electron chi connectivity index (χ1n) is 9.34. The Labute approximate surface area is 198 Å². The second-order valence-electron chi connectivity index (χ2n) is 6.07. The van der Waals surface area contributed by atoms with Crippen molar-refractivity contribution in [3.63, 3.8) is 0 Å². The molecule has 1 aromatic heterocycles. The molecule has 1 aromatic carbocycles. The van der Waals surface area contributed by atoms with Crippen molar-refractivity contribution >= 4 is 59.0 Å². The fraction of sp³-hybridized carbons (Fsp3) is 0.450. The normalized spacial score (nSPS) is 12.1. The van der Waals surface area contributed by atoms with Gasteiger partial charge in [-0.05, 0) is 45.1 Å². The number of thioether (sulfide) groups is 1. The Morgan fingerprint density at radius 3 is 2.72 bits per heavy atom. The van der Waals surface area contributed by atoms with E-state index >= 15 is 0 Å². The molecular formula is C20H29IN4O2S2. The Morgan fingerprint density at radius 2 is 2.07 bits per heavy atom. The topological polar surface area (TPSA) is 75.6 Å². The van der Waals surface area contributed by atoms with E-state index in [1.165, 1.54) is 16.2 Å². The van der Waals surface area contributed by atoms with Gasteiger partial charge in [0.25, 0.3) is 0 Å². The van der Waals surface area contributed by atoms with Crippen molar-refractivity contribution in [3.8, 4) is 0 Å². The summed E-state index contributed by atoms with van der Waals surface area (Å²) in [7, 11) is 1.75. The lowest BCUT2D eigenvalue weighted by Gasteiger charge is -2.16. The zero-order chi connectivity index (χ0) is 20.4. The Balaban J connectivity index is 0.00000420. The van der Waals surface area contributed by atoms with Crippen molar-refractivity contribution in [2.24, 2.45) is 4.99 Å². The van der Waals surface area contributed by atoms with Crippen molar-refractivity contribution in [2.75, 3.05) is 26.0 Å². The lowest BCUT2D eigenvalue weighted by Crippen LogP contribution is -2.39. The van der Waals surface area contributed by atoms with Crippen molar-refractivity contribution in [2.45, 2.75) is 38.1 Å². The van der Waals surface area contributed by atoms with Crippen LogP contribution >= 0.6 is 47.1 Å². The number of ether oxygens (including phenoxy) is 1. The van der Waals surface area contributed by atoms with E-state index in [0.717, 1.165) is 29.7 Å². The van der Waals surface area contributed by atoms with Crippen LogP contribution in [0.4, 0.5) is 0 Å². The molecule has 2 rings (SSSR count). The summed E-state index contributed by atoms with van der Waals surface area (Å²) in [6.45, 7) is 6.82. The average Bonchev–Trinajstić information content (AvgIpc) is 3.09. The van der Waals surface area contributed by atoms with Crippen molar-refractivity contribution in [1.29, 1.82) is 0 Å². The number of carbonyl (C=O) groups is 1. The minimum atomic E-state index is -0.311. The molecule has 9 heteroatoms. The van der Waals surface area contributed by atoms with Crippen LogP contribution in [0.25, 0.3) is 0 Å². The molecule has 0 saturated carbocycles. The maximum absolute atomic E-state index is 12.0. The maximum atomic E-state index is 12.0. The Hall–Kier alpha value is -1.33. The standard InChI is InChI=1S/C20H28N4O2S2.HI/c1-5-26-19(25)17-14(2)23-18(28-17)15(3)24-20(21-4)22-12-9-13-27-16-10-7-6-8-11-16;/h6-8,10-11,15H,5,9,12-13H2,1-4H3,(H2,21,22,24);1H. The molecule has 2 N–H and O–H groups in total. The van der Waals surface area contributed by atoms with Gasteiger partial charge in [-0.3, -0.25) is 4.99 Å². The molecule has 2 aromatic rings. The number of hydrogen-bond donors (Lipinski definition) is 2. The number of halogens is 1. The van der Waals surface area contributed by atoms with Gasteiger partial charge in [0.05, 0.1) is 18.3 Å². The Bertz CT molecular complexity index is 784. The van der Waals surface area contributed by atoms with Gasteiger partial charge in [0, 0.05) is 18.5 Å². The highest BCUT2D eigenvalue weighted by atomic mass is 127. The molecule has 0 aliphatic heterocycles. The summed E-state index contributed by atoms with van der Waals surface area (Å²) in [5.41, 5.74) is 0.702. The number of nitrogens with one attached hydrogen (secondary N) is 2. The predicted molar refractivity (Wildman–Crippen MR) is 133 cm³/mol. The number of hydrogen-bond acceptors (Lipinski definition) is 6. The first kappa shape index (κ1) is 25.7. The van der Waals surface area contributed by atoms with Gasteiger partial charge in [0.15, 0.2) is 5.96 Å². The number of thiazole rings is 1. The molecule has 0 aliphatic rings. The highest BCUT2D eigenvalue weighted by molar-refractivity contribution is 14.0. The molecule has 29 heavy (non-hydrogen) atoms. The third-order valence-corrected chi connectivity index (χ3v) is 6.27. The second-order valence-corrected chi connectivity index (χ2v) is 8.27. The van der Waals surface area contributed by atoms with Crippen LogP contribution in [0.2, 0.25) is 0 Å². The van der Waals surface area contributed by atoms with Gasteiger partial charge in [-0.15, -0.1) is 47.1 Å². The van der Waals surface area contributed by atoms with Gasteiger partial charge < -0.3 is 15.4 Å². The van der Waals surface area contributed by atoms with Crippen molar-refractivity contribution < 1.29 is 9.53 Å². The fourth-order valence-corrected chi connectivity index (χ4v) is 4.27. The quantitative estimate of drug-likeness (QED) is 0.119. The average molecular weight is 549 g/mol. The number of aliphatic imine (C=N–C) groups is 1. The van der Waals surface area contributed by atoms with E-state index in [-0.39, 0.29) is 36.0 Å². The molecule has 6 nitrogen and oxygen atoms in total. The number of aromatic nitrogens is 1. The van der Waals surface area contributed by atoms with Gasteiger partial charge in [0.1, 0.15) is 9.88 Å². The van der Waals surface area contributed by atoms with Gasteiger partial charge in [-0.25, -0.2) is 9.78 Å². The highest BCUT2D eigenvalue weighted by Crippen LogP contribution is 2.24. The van der Waals surface area contributed by atoms with Crippen LogP contribution in [0.1, 0.15) is 46.7 Å². The van der Waals surface area contributed by atoms with Gasteiger partial charge in [-0.1, -0.05) is 18.2 Å². The summed E-state index contributed by atoms with van der Waals surface area (Å²) in [4.78, 5) is 22.6. The van der Waals surface area contributed by atoms with E-state index in [1.807, 2.05) is 31.7 Å². The Morgan fingerprint density at radius 1 is 1.34 bits per heavy atom. The highest BCUT2D eigenvalue weighted by Gasteiger charge is 2.20. The van der Waals surface area contributed by atoms with E-state index in [9.17, 15) is 4.79 Å². The molecule has 0 amide bonds. The SMILES string of the molecule is CCOC(=O)c1sc(C(C)NC(=NC)NCCCSc2ccccc2)nc1C.I. The molecule has 0 fully saturated rings. The van der Waals surface area contributed by atoms with E-state index < -0.39 is 0 Å². The summed E-state index contributed by atoms with van der Waals surface area (Å²) in [5, 5.41) is 7.50. The second kappa shape index (κ2) is 13.8. The number of rotatable bonds is 9. The van der Waals surface area contributed by atoms with Crippen LogP contribution in [-0.2, 0) is 4.74 Å². The first-order chi connectivity index (χ1) is 13.5. The number of esters is 1. The zero-order valence-corrected chi connectivity index (χ0v) is 21.2. The van der Waals surface area contributed by atoms with E-state index in [2.05, 4.69) is 44.9 Å². The number of aryl methyl sites for hydroxylation is 1. The molecule has 0 radical (unpaired) electrons. The van der Waals surface area contributed by atoms with Gasteiger partial charge in [-0.2, -0.15) is 0 Å². The van der Waals surface area contributed by atoms with Gasteiger partial charge in [0.2, 0.25) is 0 Å². The van der Waals surface area contributed by atoms with Crippen LogP contribution in [-0.4, -0.2) is 42.9 Å². The number of carbonyl (C=O) groups excluding carboxylic acids is 1. The molecule has 0 bridgehead atoms. The van der Waals surface area contributed by atoms with E-state index in [4.69, 9.17) is 4.74 Å². The van der Waals surface area contributed by atoms with Crippen LogP contribution in [0, 0.1) is 6.92 Å². The maximum Gasteiger partial charge on any atom is 0.350 e. The fourth-order valence-electron chi connectivity index (χ4n) is 2.44. The summed E-state index contributed by atoms with van der Waals surface area (Å²) < 4.78 is 5.09. The number of nitrogens with zero attached hydrogens (tertiary/aromatic N) is 2. The summed E-state index contributed by atoms with van der Waals surface area (Å²) in [6.07, 6.45) is 1.03. The third kappa shape index (κ3) is 8.51. The largest absolute Gasteiger partial charge is 0.462 e. The van der Waals surface area contributed by atoms with Crippen LogP contribution < -0.4 is 10.6 Å². The number of guanidine groups is 1. The van der Waals surface area contributed by atoms with E-state index in [0.29, 0.717) is 17.2 Å². The minimum absolute atomic E-state index is 0. The van der Waals surface area contributed by atoms with Crippen molar-refractivity contribution in [1.82, 2.24) is 15.6 Å². The minimum Gasteiger partial charge on any atom is -0.462 e. The summed E-state index contributed by atoms with van der Waals surface area (Å²) in [5.74, 6) is 1.45. The first-order valence-corrected chi connectivity index (χ1v) is 11.1. The molecule has 160 valence electrons. The third-order valence-electron chi connectivity index (χ3n) is 3.85. The summed E-state index contributed by atoms with van der Waals surface area (Å²) in [6, 6.07) is 10.3.